The highest BCUT2D eigenvalue weighted by Gasteiger charge is 2.36. The van der Waals surface area contributed by atoms with Crippen LogP contribution in [0.25, 0.3) is 0 Å². The third-order valence-corrected chi connectivity index (χ3v) is 5.94. The fourth-order valence-corrected chi connectivity index (χ4v) is 4.16. The molecule has 1 saturated heterocycles. The molecule has 0 unspecified atom stereocenters. The van der Waals surface area contributed by atoms with E-state index in [-0.39, 0.29) is 29.0 Å². The molecule has 4 rings (SSSR count). The Kier molecular flexibility index (Phi) is 5.89. The summed E-state index contributed by atoms with van der Waals surface area (Å²) in [7, 11) is 0. The molecule has 0 spiro atoms. The first-order chi connectivity index (χ1) is 15.4. The van der Waals surface area contributed by atoms with Crippen molar-refractivity contribution in [2.24, 2.45) is 0 Å². The number of carbonyl (C=O) groups excluding carboxylic acids is 3. The van der Waals surface area contributed by atoms with Gasteiger partial charge in [0.2, 0.25) is 0 Å². The first-order valence-electron chi connectivity index (χ1n) is 10.7. The molecule has 3 amide bonds. The van der Waals surface area contributed by atoms with Crippen LogP contribution in [-0.2, 0) is 0 Å². The van der Waals surface area contributed by atoms with Gasteiger partial charge in [0.05, 0.1) is 16.1 Å². The Hall–Kier alpha value is -3.75. The van der Waals surface area contributed by atoms with Crippen molar-refractivity contribution in [2.75, 3.05) is 37.6 Å². The number of carbonyl (C=O) groups is 3. The van der Waals surface area contributed by atoms with Gasteiger partial charge in [0.1, 0.15) is 5.69 Å². The fraction of sp³-hybridized carbons (Fsp3) is 0.348. The lowest BCUT2D eigenvalue weighted by Crippen LogP contribution is -2.49. The predicted octanol–water partition coefficient (Wildman–Crippen LogP) is 2.95. The van der Waals surface area contributed by atoms with Crippen LogP contribution >= 0.6 is 0 Å². The van der Waals surface area contributed by atoms with Crippen LogP contribution in [0, 0.1) is 10.1 Å². The number of amides is 3. The lowest BCUT2D eigenvalue weighted by atomic mass is 10.0. The zero-order valence-corrected chi connectivity index (χ0v) is 17.8. The third kappa shape index (κ3) is 3.81. The summed E-state index contributed by atoms with van der Waals surface area (Å²) in [6.45, 7) is 4.09. The van der Waals surface area contributed by atoms with Gasteiger partial charge in [-0.3, -0.25) is 29.4 Å². The van der Waals surface area contributed by atoms with E-state index in [9.17, 15) is 24.5 Å². The van der Waals surface area contributed by atoms with Gasteiger partial charge in [-0.25, -0.2) is 0 Å². The SMILES string of the molecule is CCCCN1C(=O)c2ccc(C(=O)N3CCN(c4ccccc4[N+](=O)[O-])CC3)cc2C1=O. The average molecular weight is 436 g/mol. The monoisotopic (exact) mass is 436 g/mol. The molecule has 0 atom stereocenters. The summed E-state index contributed by atoms with van der Waals surface area (Å²) in [6, 6.07) is 11.2. The summed E-state index contributed by atoms with van der Waals surface area (Å²) < 4.78 is 0. The molecule has 0 bridgehead atoms. The second kappa shape index (κ2) is 8.78. The Morgan fingerprint density at radius 1 is 1.00 bits per heavy atom. The summed E-state index contributed by atoms with van der Waals surface area (Å²) in [4.78, 5) is 53.9. The number of fused-ring (bicyclic) bond motifs is 1. The maximum absolute atomic E-state index is 13.0. The number of para-hydroxylation sites is 2. The molecule has 0 N–H and O–H groups in total. The van der Waals surface area contributed by atoms with Crippen molar-refractivity contribution in [1.82, 2.24) is 9.80 Å². The Labute approximate surface area is 185 Å². The van der Waals surface area contributed by atoms with Crippen LogP contribution in [0.15, 0.2) is 42.5 Å². The number of hydrogen-bond donors (Lipinski definition) is 0. The standard InChI is InChI=1S/C23H24N4O5/c1-2-3-10-26-22(29)17-9-8-16(15-18(17)23(26)30)21(28)25-13-11-24(12-14-25)19-6-4-5-7-20(19)27(31)32/h4-9,15H,2-3,10-14H2,1H3. The highest BCUT2D eigenvalue weighted by Crippen LogP contribution is 2.29. The molecule has 0 aromatic heterocycles. The normalized spacial score (nSPS) is 15.8. The van der Waals surface area contributed by atoms with E-state index < -0.39 is 4.92 Å². The molecule has 2 aliphatic rings. The minimum Gasteiger partial charge on any atom is -0.362 e. The van der Waals surface area contributed by atoms with Crippen molar-refractivity contribution in [3.8, 4) is 0 Å². The minimum absolute atomic E-state index is 0.0432. The van der Waals surface area contributed by atoms with Crippen LogP contribution in [-0.4, -0.2) is 65.2 Å². The van der Waals surface area contributed by atoms with E-state index in [1.54, 1.807) is 35.2 Å². The number of anilines is 1. The largest absolute Gasteiger partial charge is 0.362 e. The molecule has 32 heavy (non-hydrogen) atoms. The first-order valence-corrected chi connectivity index (χ1v) is 10.7. The van der Waals surface area contributed by atoms with Gasteiger partial charge in [0.25, 0.3) is 23.4 Å². The number of rotatable bonds is 6. The summed E-state index contributed by atoms with van der Waals surface area (Å²) in [5, 5.41) is 11.3. The smallest absolute Gasteiger partial charge is 0.292 e. The molecule has 1 fully saturated rings. The Morgan fingerprint density at radius 3 is 2.38 bits per heavy atom. The second-order valence-electron chi connectivity index (χ2n) is 7.90. The summed E-state index contributed by atoms with van der Waals surface area (Å²) >= 11 is 0. The number of benzene rings is 2. The number of unbranched alkanes of at least 4 members (excludes halogenated alkanes) is 1. The summed E-state index contributed by atoms with van der Waals surface area (Å²) in [6.07, 6.45) is 1.61. The quantitative estimate of drug-likeness (QED) is 0.392. The minimum atomic E-state index is -0.403. The van der Waals surface area contributed by atoms with Crippen molar-refractivity contribution in [3.05, 3.63) is 69.3 Å². The molecule has 2 heterocycles. The molecule has 0 radical (unpaired) electrons. The number of imide groups is 1. The average Bonchev–Trinajstić information content (AvgIpc) is 3.06. The van der Waals surface area contributed by atoms with Gasteiger partial charge in [-0.1, -0.05) is 25.5 Å². The number of nitro benzene ring substituents is 1. The zero-order chi connectivity index (χ0) is 22.8. The molecule has 2 aromatic rings. The highest BCUT2D eigenvalue weighted by molar-refractivity contribution is 6.22. The molecule has 0 saturated carbocycles. The van der Waals surface area contributed by atoms with Crippen molar-refractivity contribution in [2.45, 2.75) is 19.8 Å². The predicted molar refractivity (Wildman–Crippen MR) is 118 cm³/mol. The van der Waals surface area contributed by atoms with Crippen LogP contribution in [0.4, 0.5) is 11.4 Å². The molecule has 0 aliphatic carbocycles. The van der Waals surface area contributed by atoms with Crippen molar-refractivity contribution >= 4 is 29.1 Å². The zero-order valence-electron chi connectivity index (χ0n) is 17.8. The van der Waals surface area contributed by atoms with Crippen molar-refractivity contribution < 1.29 is 19.3 Å². The maximum Gasteiger partial charge on any atom is 0.292 e. The molecule has 2 aromatic carbocycles. The molecule has 9 heteroatoms. The van der Waals surface area contributed by atoms with E-state index in [2.05, 4.69) is 0 Å². The van der Waals surface area contributed by atoms with Gasteiger partial charge in [-0.15, -0.1) is 0 Å². The van der Waals surface area contributed by atoms with Crippen LogP contribution in [0.2, 0.25) is 0 Å². The Balaban J connectivity index is 1.46. The topological polar surface area (TPSA) is 104 Å². The summed E-state index contributed by atoms with van der Waals surface area (Å²) in [5.74, 6) is -0.882. The third-order valence-electron chi connectivity index (χ3n) is 5.94. The van der Waals surface area contributed by atoms with Gasteiger partial charge in [0.15, 0.2) is 0 Å². The molecular formula is C23H24N4O5. The van der Waals surface area contributed by atoms with Gasteiger partial charge in [0, 0.05) is 44.4 Å². The van der Waals surface area contributed by atoms with E-state index in [1.807, 2.05) is 11.8 Å². The lowest BCUT2D eigenvalue weighted by molar-refractivity contribution is -0.384. The number of piperazine rings is 1. The Bertz CT molecular complexity index is 1090. The van der Waals surface area contributed by atoms with E-state index >= 15 is 0 Å². The van der Waals surface area contributed by atoms with Crippen LogP contribution in [0.3, 0.4) is 0 Å². The fourth-order valence-electron chi connectivity index (χ4n) is 4.16. The first kappa shape index (κ1) is 21.5. The maximum atomic E-state index is 13.0. The molecule has 2 aliphatic heterocycles. The number of nitrogens with zero attached hydrogens (tertiary/aromatic N) is 4. The van der Waals surface area contributed by atoms with E-state index in [1.165, 1.54) is 17.0 Å². The number of hydrogen-bond acceptors (Lipinski definition) is 6. The van der Waals surface area contributed by atoms with Crippen LogP contribution in [0.5, 0.6) is 0 Å². The Morgan fingerprint density at radius 2 is 1.69 bits per heavy atom. The molecule has 9 nitrogen and oxygen atoms in total. The molecular weight excluding hydrogens is 412 g/mol. The highest BCUT2D eigenvalue weighted by atomic mass is 16.6. The van der Waals surface area contributed by atoms with Crippen LogP contribution < -0.4 is 4.90 Å². The van der Waals surface area contributed by atoms with E-state index in [0.717, 1.165) is 12.8 Å². The second-order valence-corrected chi connectivity index (χ2v) is 7.90. The van der Waals surface area contributed by atoms with Gasteiger partial charge in [-0.05, 0) is 30.7 Å². The van der Waals surface area contributed by atoms with Crippen molar-refractivity contribution in [1.29, 1.82) is 0 Å². The van der Waals surface area contributed by atoms with E-state index in [0.29, 0.717) is 49.5 Å². The van der Waals surface area contributed by atoms with Gasteiger partial charge < -0.3 is 9.80 Å². The number of nitro groups is 1. The van der Waals surface area contributed by atoms with Crippen molar-refractivity contribution in [3.63, 3.8) is 0 Å². The van der Waals surface area contributed by atoms with Gasteiger partial charge in [-0.2, -0.15) is 0 Å². The summed E-state index contributed by atoms with van der Waals surface area (Å²) in [5.41, 5.74) is 1.56. The van der Waals surface area contributed by atoms with E-state index in [4.69, 9.17) is 0 Å². The lowest BCUT2D eigenvalue weighted by Gasteiger charge is -2.35. The molecule has 166 valence electrons. The van der Waals surface area contributed by atoms with Gasteiger partial charge >= 0.3 is 0 Å². The van der Waals surface area contributed by atoms with Crippen LogP contribution in [0.1, 0.15) is 50.8 Å².